The SMILES string of the molecule is O=C(NCc1ccncc1)c1cccc(S(=O)(=O)N(Cc2ccccc2)c2ccc(Cl)cc2)c1. The van der Waals surface area contributed by atoms with Crippen LogP contribution in [0.4, 0.5) is 5.69 Å². The summed E-state index contributed by atoms with van der Waals surface area (Å²) in [5.41, 5.74) is 2.45. The van der Waals surface area contributed by atoms with Crippen LogP contribution in [0.2, 0.25) is 5.02 Å². The van der Waals surface area contributed by atoms with Crippen molar-refractivity contribution in [3.05, 3.63) is 125 Å². The number of rotatable bonds is 8. The number of nitrogens with zero attached hydrogens (tertiary/aromatic N) is 2. The minimum absolute atomic E-state index is 0.0231. The summed E-state index contributed by atoms with van der Waals surface area (Å²) in [5, 5.41) is 3.32. The smallest absolute Gasteiger partial charge is 0.264 e. The summed E-state index contributed by atoms with van der Waals surface area (Å²) in [6.45, 7) is 0.437. The molecule has 0 unspecified atom stereocenters. The molecule has 34 heavy (non-hydrogen) atoms. The van der Waals surface area contributed by atoms with Crippen molar-refractivity contribution in [1.29, 1.82) is 0 Å². The summed E-state index contributed by atoms with van der Waals surface area (Å²) in [6, 6.07) is 25.6. The van der Waals surface area contributed by atoms with Gasteiger partial charge in [0.25, 0.3) is 15.9 Å². The molecule has 4 rings (SSSR count). The van der Waals surface area contributed by atoms with Crippen molar-refractivity contribution in [3.63, 3.8) is 0 Å². The summed E-state index contributed by atoms with van der Waals surface area (Å²) in [4.78, 5) is 16.7. The fourth-order valence-electron chi connectivity index (χ4n) is 3.38. The molecule has 172 valence electrons. The maximum atomic E-state index is 13.7. The maximum absolute atomic E-state index is 13.7. The molecule has 0 spiro atoms. The van der Waals surface area contributed by atoms with Crippen LogP contribution in [0, 0.1) is 0 Å². The van der Waals surface area contributed by atoms with Crippen molar-refractivity contribution in [2.45, 2.75) is 18.0 Å². The largest absolute Gasteiger partial charge is 0.348 e. The molecule has 0 radical (unpaired) electrons. The van der Waals surface area contributed by atoms with Gasteiger partial charge in [-0.1, -0.05) is 48.0 Å². The Kier molecular flexibility index (Phi) is 7.25. The first kappa shape index (κ1) is 23.5. The van der Waals surface area contributed by atoms with Crippen LogP contribution >= 0.6 is 11.6 Å². The van der Waals surface area contributed by atoms with Crippen LogP contribution in [0.5, 0.6) is 0 Å². The third kappa shape index (κ3) is 5.62. The fourth-order valence-corrected chi connectivity index (χ4v) is 5.01. The highest BCUT2D eigenvalue weighted by Crippen LogP contribution is 2.27. The van der Waals surface area contributed by atoms with Crippen LogP contribution in [-0.4, -0.2) is 19.3 Å². The second-order valence-electron chi connectivity index (χ2n) is 7.54. The topological polar surface area (TPSA) is 79.4 Å². The number of anilines is 1. The first-order valence-electron chi connectivity index (χ1n) is 10.5. The Bertz CT molecular complexity index is 1360. The maximum Gasteiger partial charge on any atom is 0.264 e. The Morgan fingerprint density at radius 1 is 0.853 bits per heavy atom. The number of halogens is 1. The molecule has 0 atom stereocenters. The zero-order chi connectivity index (χ0) is 24.0. The quantitative estimate of drug-likeness (QED) is 0.373. The number of carbonyl (C=O) groups is 1. The van der Waals surface area contributed by atoms with Crippen molar-refractivity contribution in [1.82, 2.24) is 10.3 Å². The van der Waals surface area contributed by atoms with Gasteiger partial charge in [0.05, 0.1) is 17.1 Å². The molecule has 1 N–H and O–H groups in total. The fraction of sp³-hybridized carbons (Fsp3) is 0.0769. The van der Waals surface area contributed by atoms with Gasteiger partial charge >= 0.3 is 0 Å². The highest BCUT2D eigenvalue weighted by molar-refractivity contribution is 7.92. The highest BCUT2D eigenvalue weighted by atomic mass is 35.5. The Morgan fingerprint density at radius 3 is 2.26 bits per heavy atom. The molecule has 1 heterocycles. The van der Waals surface area contributed by atoms with Gasteiger partial charge in [-0.3, -0.25) is 14.1 Å². The molecule has 4 aromatic rings. The molecule has 0 bridgehead atoms. The van der Waals surface area contributed by atoms with Gasteiger partial charge in [-0.25, -0.2) is 8.42 Å². The van der Waals surface area contributed by atoms with Crippen molar-refractivity contribution in [3.8, 4) is 0 Å². The number of pyridine rings is 1. The molecular weight excluding hydrogens is 470 g/mol. The number of nitrogens with one attached hydrogen (secondary N) is 1. The lowest BCUT2D eigenvalue weighted by atomic mass is 10.2. The number of hydrogen-bond acceptors (Lipinski definition) is 4. The van der Waals surface area contributed by atoms with E-state index in [9.17, 15) is 13.2 Å². The van der Waals surface area contributed by atoms with E-state index in [-0.39, 0.29) is 22.9 Å². The van der Waals surface area contributed by atoms with Gasteiger partial charge in [-0.15, -0.1) is 0 Å². The van der Waals surface area contributed by atoms with E-state index < -0.39 is 10.0 Å². The van der Waals surface area contributed by atoms with E-state index in [2.05, 4.69) is 10.3 Å². The Labute approximate surface area is 203 Å². The summed E-state index contributed by atoms with van der Waals surface area (Å²) < 4.78 is 28.8. The molecule has 1 amide bonds. The molecule has 0 saturated carbocycles. The highest BCUT2D eigenvalue weighted by Gasteiger charge is 2.26. The number of aromatic nitrogens is 1. The Morgan fingerprint density at radius 2 is 1.56 bits per heavy atom. The monoisotopic (exact) mass is 491 g/mol. The van der Waals surface area contributed by atoms with E-state index in [0.29, 0.717) is 17.3 Å². The number of hydrogen-bond donors (Lipinski definition) is 1. The summed E-state index contributed by atoms with van der Waals surface area (Å²) >= 11 is 6.02. The second-order valence-corrected chi connectivity index (χ2v) is 9.84. The standard InChI is InChI=1S/C26H22ClN3O3S/c27-23-9-11-24(12-10-23)30(19-21-5-2-1-3-6-21)34(32,33)25-8-4-7-22(17-25)26(31)29-18-20-13-15-28-16-14-20/h1-17H,18-19H2,(H,29,31). The summed E-state index contributed by atoms with van der Waals surface area (Å²) in [6.07, 6.45) is 3.29. The van der Waals surface area contributed by atoms with Crippen LogP contribution < -0.4 is 9.62 Å². The molecule has 0 aliphatic heterocycles. The number of benzene rings is 3. The van der Waals surface area contributed by atoms with Crippen molar-refractivity contribution in [2.75, 3.05) is 4.31 Å². The molecule has 1 aromatic heterocycles. The number of amides is 1. The average molecular weight is 492 g/mol. The van der Waals surface area contributed by atoms with Gasteiger partial charge in [-0.05, 0) is 65.7 Å². The Hall–Kier alpha value is -3.68. The van der Waals surface area contributed by atoms with Gasteiger partial charge in [0.15, 0.2) is 0 Å². The Balaban J connectivity index is 1.63. The normalized spacial score (nSPS) is 11.1. The lowest BCUT2D eigenvalue weighted by Crippen LogP contribution is -2.31. The van der Waals surface area contributed by atoms with Crippen LogP contribution in [0.3, 0.4) is 0 Å². The molecule has 0 fully saturated rings. The van der Waals surface area contributed by atoms with E-state index in [1.54, 1.807) is 60.9 Å². The van der Waals surface area contributed by atoms with Crippen LogP contribution in [0.25, 0.3) is 0 Å². The second kappa shape index (κ2) is 10.5. The van der Waals surface area contributed by atoms with Gasteiger partial charge in [0.1, 0.15) is 0 Å². The number of carbonyl (C=O) groups excluding carboxylic acids is 1. The molecule has 3 aromatic carbocycles. The van der Waals surface area contributed by atoms with Crippen LogP contribution in [0.1, 0.15) is 21.5 Å². The average Bonchev–Trinajstić information content (AvgIpc) is 2.88. The third-order valence-corrected chi connectivity index (χ3v) is 7.19. The first-order valence-corrected chi connectivity index (χ1v) is 12.3. The van der Waals surface area contributed by atoms with Crippen LogP contribution in [0.15, 0.2) is 108 Å². The van der Waals surface area contributed by atoms with E-state index in [1.807, 2.05) is 30.3 Å². The molecule has 6 nitrogen and oxygen atoms in total. The minimum Gasteiger partial charge on any atom is -0.348 e. The van der Waals surface area contributed by atoms with E-state index in [4.69, 9.17) is 11.6 Å². The molecule has 0 saturated heterocycles. The predicted molar refractivity (Wildman–Crippen MR) is 133 cm³/mol. The molecule has 0 aliphatic rings. The predicted octanol–water partition coefficient (Wildman–Crippen LogP) is 5.06. The lowest BCUT2D eigenvalue weighted by Gasteiger charge is -2.25. The van der Waals surface area contributed by atoms with Crippen molar-refractivity contribution in [2.24, 2.45) is 0 Å². The first-order chi connectivity index (χ1) is 16.4. The summed E-state index contributed by atoms with van der Waals surface area (Å²) in [7, 11) is -3.99. The molecular formula is C26H22ClN3O3S. The lowest BCUT2D eigenvalue weighted by molar-refractivity contribution is 0.0950. The van der Waals surface area contributed by atoms with E-state index in [1.165, 1.54) is 16.4 Å². The van der Waals surface area contributed by atoms with Gasteiger partial charge < -0.3 is 5.32 Å². The molecule has 0 aliphatic carbocycles. The van der Waals surface area contributed by atoms with Gasteiger partial charge in [0, 0.05) is 29.5 Å². The zero-order valence-corrected chi connectivity index (χ0v) is 19.7. The summed E-state index contributed by atoms with van der Waals surface area (Å²) in [5.74, 6) is -0.366. The third-order valence-electron chi connectivity index (χ3n) is 5.17. The van der Waals surface area contributed by atoms with Crippen molar-refractivity contribution < 1.29 is 13.2 Å². The number of sulfonamides is 1. The van der Waals surface area contributed by atoms with Gasteiger partial charge in [-0.2, -0.15) is 0 Å². The van der Waals surface area contributed by atoms with E-state index in [0.717, 1.165) is 11.1 Å². The van der Waals surface area contributed by atoms with E-state index >= 15 is 0 Å². The molecule has 8 heteroatoms. The minimum atomic E-state index is -3.99. The van der Waals surface area contributed by atoms with Crippen molar-refractivity contribution >= 4 is 33.2 Å². The van der Waals surface area contributed by atoms with Crippen LogP contribution in [-0.2, 0) is 23.1 Å². The van der Waals surface area contributed by atoms with Gasteiger partial charge in [0.2, 0.25) is 0 Å². The zero-order valence-electron chi connectivity index (χ0n) is 18.1.